The van der Waals surface area contributed by atoms with Crippen LogP contribution in [0.15, 0.2) is 24.3 Å². The van der Waals surface area contributed by atoms with Crippen molar-refractivity contribution in [2.24, 2.45) is 0 Å². The molecule has 0 aliphatic carbocycles. The first kappa shape index (κ1) is 28.0. The van der Waals surface area contributed by atoms with E-state index in [-0.39, 0.29) is 37.4 Å². The van der Waals surface area contributed by atoms with Gasteiger partial charge < -0.3 is 30.7 Å². The van der Waals surface area contributed by atoms with E-state index >= 15 is 0 Å². The maximum absolute atomic E-state index is 12.1. The van der Waals surface area contributed by atoms with Crippen molar-refractivity contribution in [3.63, 3.8) is 0 Å². The third-order valence-corrected chi connectivity index (χ3v) is 3.73. The van der Waals surface area contributed by atoms with Crippen molar-refractivity contribution < 1.29 is 28.7 Å². The first-order valence-corrected chi connectivity index (χ1v) is 9.92. The van der Waals surface area contributed by atoms with Crippen molar-refractivity contribution in [1.29, 1.82) is 0 Å². The monoisotopic (exact) mass is 440 g/mol. The molecule has 0 unspecified atom stereocenters. The van der Waals surface area contributed by atoms with E-state index in [0.29, 0.717) is 6.42 Å². The maximum atomic E-state index is 12.1. The summed E-state index contributed by atoms with van der Waals surface area (Å²) >= 11 is 0. The molecule has 0 aliphatic rings. The van der Waals surface area contributed by atoms with Crippen LogP contribution in [-0.2, 0) is 19.1 Å². The van der Waals surface area contributed by atoms with Crippen molar-refractivity contribution in [1.82, 2.24) is 21.3 Å². The summed E-state index contributed by atoms with van der Waals surface area (Å²) in [4.78, 5) is 46.8. The molecule has 4 amide bonds. The maximum Gasteiger partial charge on any atom is 0.333 e. The van der Waals surface area contributed by atoms with Crippen molar-refractivity contribution in [3.8, 4) is 0 Å². The third-order valence-electron chi connectivity index (χ3n) is 3.73. The molecule has 0 aromatic rings. The molecule has 0 spiro atoms. The zero-order valence-corrected chi connectivity index (χ0v) is 19.4. The van der Waals surface area contributed by atoms with E-state index < -0.39 is 35.1 Å². The summed E-state index contributed by atoms with van der Waals surface area (Å²) in [6, 6.07) is -0.841. The number of rotatable bonds is 12. The minimum Gasteiger partial charge on any atom is -0.460 e. The molecule has 0 rings (SSSR count). The van der Waals surface area contributed by atoms with Crippen LogP contribution in [0.3, 0.4) is 0 Å². The normalized spacial score (nSPS) is 11.0. The standard InChI is InChI=1S/C21H36N4O6/c1-14(2)16(26)30-11-9-22-18(28)24-20(5,6)13-21(7,8)25-19(29)23-10-12-31-17(27)15(3)4/h1,3,9-13H2,2,4-8H3,(H2,22,24,28)(H2,23,25,29). The lowest BCUT2D eigenvalue weighted by Gasteiger charge is -2.36. The summed E-state index contributed by atoms with van der Waals surface area (Å²) in [6.45, 7) is 17.7. The van der Waals surface area contributed by atoms with E-state index in [2.05, 4.69) is 34.4 Å². The molecule has 176 valence electrons. The van der Waals surface area contributed by atoms with Gasteiger partial charge in [-0.25, -0.2) is 19.2 Å². The average molecular weight is 441 g/mol. The molecule has 0 fully saturated rings. The van der Waals surface area contributed by atoms with Crippen LogP contribution in [-0.4, -0.2) is 61.4 Å². The first-order chi connectivity index (χ1) is 14.1. The third kappa shape index (κ3) is 13.7. The molecule has 0 atom stereocenters. The van der Waals surface area contributed by atoms with E-state index in [4.69, 9.17) is 9.47 Å². The topological polar surface area (TPSA) is 135 Å². The van der Waals surface area contributed by atoms with E-state index in [1.54, 1.807) is 13.8 Å². The van der Waals surface area contributed by atoms with Gasteiger partial charge in [0.05, 0.1) is 13.1 Å². The SMILES string of the molecule is C=C(C)C(=O)OCCNC(=O)NC(C)(C)CC(C)(C)NC(=O)NCCOC(=O)C(=C)C. The van der Waals surface area contributed by atoms with Crippen molar-refractivity contribution in [3.05, 3.63) is 24.3 Å². The summed E-state index contributed by atoms with van der Waals surface area (Å²) < 4.78 is 9.81. The largest absolute Gasteiger partial charge is 0.460 e. The number of carbonyl (C=O) groups is 4. The summed E-state index contributed by atoms with van der Waals surface area (Å²) in [7, 11) is 0. The van der Waals surface area contributed by atoms with Gasteiger partial charge in [0.15, 0.2) is 0 Å². The van der Waals surface area contributed by atoms with Crippen LogP contribution in [0.1, 0.15) is 48.0 Å². The molecule has 0 saturated carbocycles. The molecule has 31 heavy (non-hydrogen) atoms. The van der Waals surface area contributed by atoms with Gasteiger partial charge in [-0.05, 0) is 48.0 Å². The number of nitrogens with one attached hydrogen (secondary N) is 4. The van der Waals surface area contributed by atoms with Gasteiger partial charge in [-0.15, -0.1) is 0 Å². The molecular weight excluding hydrogens is 404 g/mol. The predicted octanol–water partition coefficient (Wildman–Crippen LogP) is 1.77. The number of ether oxygens (including phenoxy) is 2. The Morgan fingerprint density at radius 3 is 1.32 bits per heavy atom. The van der Waals surface area contributed by atoms with Crippen LogP contribution in [0.25, 0.3) is 0 Å². The highest BCUT2D eigenvalue weighted by molar-refractivity contribution is 5.87. The van der Waals surface area contributed by atoms with Gasteiger partial charge in [0.25, 0.3) is 0 Å². The Morgan fingerprint density at radius 1 is 0.710 bits per heavy atom. The summed E-state index contributed by atoms with van der Waals surface area (Å²) in [5.41, 5.74) is -0.715. The lowest BCUT2D eigenvalue weighted by Crippen LogP contribution is -2.57. The number of amides is 4. The van der Waals surface area contributed by atoms with E-state index in [9.17, 15) is 19.2 Å². The Kier molecular flexibility index (Phi) is 11.4. The number of hydrogen-bond donors (Lipinski definition) is 4. The lowest BCUT2D eigenvalue weighted by molar-refractivity contribution is -0.139. The average Bonchev–Trinajstić information content (AvgIpc) is 2.59. The van der Waals surface area contributed by atoms with Crippen molar-refractivity contribution in [2.45, 2.75) is 59.0 Å². The highest BCUT2D eigenvalue weighted by Gasteiger charge is 2.31. The second-order valence-electron chi connectivity index (χ2n) is 8.54. The van der Waals surface area contributed by atoms with Crippen molar-refractivity contribution >= 4 is 24.0 Å². The molecule has 10 nitrogen and oxygen atoms in total. The van der Waals surface area contributed by atoms with Crippen LogP contribution in [0.4, 0.5) is 9.59 Å². The van der Waals surface area contributed by atoms with E-state index in [1.165, 1.54) is 0 Å². The summed E-state index contributed by atoms with van der Waals surface area (Å²) in [5.74, 6) is -1.02. The van der Waals surface area contributed by atoms with Crippen LogP contribution in [0, 0.1) is 0 Å². The van der Waals surface area contributed by atoms with Gasteiger partial charge in [0, 0.05) is 22.2 Å². The summed E-state index contributed by atoms with van der Waals surface area (Å²) in [5, 5.41) is 10.9. The van der Waals surface area contributed by atoms with Crippen molar-refractivity contribution in [2.75, 3.05) is 26.3 Å². The number of carbonyl (C=O) groups excluding carboxylic acids is 4. The van der Waals surface area contributed by atoms with Gasteiger partial charge in [0.2, 0.25) is 0 Å². The Hall–Kier alpha value is -3.04. The number of hydrogen-bond acceptors (Lipinski definition) is 6. The van der Waals surface area contributed by atoms with E-state index in [1.807, 2.05) is 27.7 Å². The molecule has 0 bridgehead atoms. The quantitative estimate of drug-likeness (QED) is 0.208. The Balaban J connectivity index is 4.33. The zero-order chi connectivity index (χ0) is 24.2. The molecule has 0 aromatic carbocycles. The van der Waals surface area contributed by atoms with Crippen LogP contribution in [0.5, 0.6) is 0 Å². The van der Waals surface area contributed by atoms with Gasteiger partial charge in [-0.3, -0.25) is 0 Å². The van der Waals surface area contributed by atoms with Crippen LogP contribution < -0.4 is 21.3 Å². The molecular formula is C21H36N4O6. The Bertz CT molecular complexity index is 642. The smallest absolute Gasteiger partial charge is 0.333 e. The minimum absolute atomic E-state index is 0.0362. The second-order valence-corrected chi connectivity index (χ2v) is 8.54. The Labute approximate surface area is 184 Å². The predicted molar refractivity (Wildman–Crippen MR) is 117 cm³/mol. The van der Waals surface area contributed by atoms with Gasteiger partial charge >= 0.3 is 24.0 Å². The fourth-order valence-corrected chi connectivity index (χ4v) is 2.76. The van der Waals surface area contributed by atoms with Crippen LogP contribution in [0.2, 0.25) is 0 Å². The highest BCUT2D eigenvalue weighted by atomic mass is 16.5. The summed E-state index contributed by atoms with van der Waals surface area (Å²) in [6.07, 6.45) is 0.427. The molecule has 0 aromatic heterocycles. The van der Waals surface area contributed by atoms with Crippen LogP contribution >= 0.6 is 0 Å². The second kappa shape index (κ2) is 12.6. The molecule has 0 heterocycles. The van der Waals surface area contributed by atoms with E-state index in [0.717, 1.165) is 0 Å². The molecule has 0 saturated heterocycles. The fraction of sp³-hybridized carbons (Fsp3) is 0.619. The van der Waals surface area contributed by atoms with Gasteiger partial charge in [-0.2, -0.15) is 0 Å². The van der Waals surface area contributed by atoms with Gasteiger partial charge in [0.1, 0.15) is 13.2 Å². The molecule has 4 N–H and O–H groups in total. The molecule has 0 aliphatic heterocycles. The minimum atomic E-state index is -0.647. The molecule has 0 radical (unpaired) electrons. The Morgan fingerprint density at radius 2 is 1.03 bits per heavy atom. The first-order valence-electron chi connectivity index (χ1n) is 9.92. The highest BCUT2D eigenvalue weighted by Crippen LogP contribution is 2.19. The number of urea groups is 2. The molecule has 10 heteroatoms. The lowest BCUT2D eigenvalue weighted by atomic mass is 9.87. The fourth-order valence-electron chi connectivity index (χ4n) is 2.76. The number of esters is 2. The van der Waals surface area contributed by atoms with Gasteiger partial charge in [-0.1, -0.05) is 13.2 Å². The zero-order valence-electron chi connectivity index (χ0n) is 19.4.